The van der Waals surface area contributed by atoms with Crippen LogP contribution in [0.3, 0.4) is 0 Å². The van der Waals surface area contributed by atoms with E-state index in [0.717, 1.165) is 28.1 Å². The molecule has 1 heterocycles. The van der Waals surface area contributed by atoms with Crippen molar-refractivity contribution < 1.29 is 0 Å². The third-order valence-corrected chi connectivity index (χ3v) is 5.52. The maximum Gasteiger partial charge on any atom is 0.136 e. The monoisotopic (exact) mass is 413 g/mol. The number of nitrogens with one attached hydrogen (secondary N) is 1. The lowest BCUT2D eigenvalue weighted by Crippen LogP contribution is -1.97. The summed E-state index contributed by atoms with van der Waals surface area (Å²) in [6.45, 7) is 6.16. The minimum absolute atomic E-state index is 0.468. The minimum Gasteiger partial charge on any atom is -0.360 e. The van der Waals surface area contributed by atoms with Gasteiger partial charge in [-0.25, -0.2) is 4.98 Å². The number of rotatable bonds is 4. The molecule has 0 saturated heterocycles. The van der Waals surface area contributed by atoms with Crippen LogP contribution in [0.5, 0.6) is 0 Å². The molecule has 0 saturated carbocycles. The normalized spacial score (nSPS) is 11.3. The van der Waals surface area contributed by atoms with Crippen LogP contribution in [0.1, 0.15) is 21.7 Å². The highest BCUT2D eigenvalue weighted by molar-refractivity contribution is 7.11. The van der Waals surface area contributed by atoms with Gasteiger partial charge in [-0.1, -0.05) is 40.9 Å². The molecule has 3 nitrogen and oxygen atoms in total. The molecule has 0 atom stereocenters. The number of nitriles is 1. The molecule has 0 spiro atoms. The lowest BCUT2D eigenvalue weighted by Gasteiger charge is -2.11. The van der Waals surface area contributed by atoms with E-state index in [2.05, 4.69) is 35.4 Å². The van der Waals surface area contributed by atoms with Gasteiger partial charge in [-0.3, -0.25) is 0 Å². The first-order valence-electron chi connectivity index (χ1n) is 8.25. The second-order valence-corrected chi connectivity index (χ2v) is 7.95. The SMILES string of the molecule is Cc1cc(C)c(NC=C(C#N)c2nc(-c3ccc(Cl)cc3Cl)cs2)c(C)c1. The van der Waals surface area contributed by atoms with Crippen LogP contribution in [0, 0.1) is 32.1 Å². The maximum absolute atomic E-state index is 9.58. The standard InChI is InChI=1S/C21H17Cl2N3S/c1-12-6-13(2)20(14(3)7-12)25-10-15(9-24)21-26-19(11-27-21)17-5-4-16(22)8-18(17)23/h4-8,10-11,25H,1-3H3. The van der Waals surface area contributed by atoms with Crippen LogP contribution in [0.4, 0.5) is 5.69 Å². The fraction of sp³-hybridized carbons (Fsp3) is 0.143. The van der Waals surface area contributed by atoms with Gasteiger partial charge in [-0.15, -0.1) is 11.3 Å². The largest absolute Gasteiger partial charge is 0.360 e. The summed E-state index contributed by atoms with van der Waals surface area (Å²) in [5.74, 6) is 0. The Hall–Kier alpha value is -2.32. The van der Waals surface area contributed by atoms with Crippen molar-refractivity contribution >= 4 is 45.8 Å². The zero-order chi connectivity index (χ0) is 19.6. The summed E-state index contributed by atoms with van der Waals surface area (Å²) in [5, 5.41) is 16.5. The average Bonchev–Trinajstić information content (AvgIpc) is 3.06. The van der Waals surface area contributed by atoms with E-state index >= 15 is 0 Å². The van der Waals surface area contributed by atoms with Gasteiger partial charge >= 0.3 is 0 Å². The Balaban J connectivity index is 1.90. The number of halogens is 2. The first-order chi connectivity index (χ1) is 12.9. The molecule has 0 amide bonds. The van der Waals surface area contributed by atoms with Crippen molar-refractivity contribution in [2.45, 2.75) is 20.8 Å². The Morgan fingerprint density at radius 3 is 2.48 bits per heavy atom. The van der Waals surface area contributed by atoms with Gasteiger partial charge in [0.15, 0.2) is 0 Å². The average molecular weight is 414 g/mol. The molecule has 0 unspecified atom stereocenters. The number of aromatic nitrogens is 1. The topological polar surface area (TPSA) is 48.7 Å². The zero-order valence-electron chi connectivity index (χ0n) is 15.1. The van der Waals surface area contributed by atoms with E-state index in [-0.39, 0.29) is 0 Å². The number of benzene rings is 2. The molecule has 0 bridgehead atoms. The number of thiazole rings is 1. The molecule has 0 radical (unpaired) electrons. The van der Waals surface area contributed by atoms with Crippen molar-refractivity contribution in [3.05, 3.63) is 73.7 Å². The predicted octanol–water partition coefficient (Wildman–Crippen LogP) is 7.02. The van der Waals surface area contributed by atoms with E-state index in [1.165, 1.54) is 16.9 Å². The van der Waals surface area contributed by atoms with E-state index in [1.54, 1.807) is 18.3 Å². The number of anilines is 1. The van der Waals surface area contributed by atoms with Gasteiger partial charge < -0.3 is 5.32 Å². The summed E-state index contributed by atoms with van der Waals surface area (Å²) in [6.07, 6.45) is 1.71. The Labute approximate surface area is 172 Å². The minimum atomic E-state index is 0.468. The summed E-state index contributed by atoms with van der Waals surface area (Å²) in [6, 6.07) is 11.7. The smallest absolute Gasteiger partial charge is 0.136 e. The molecule has 3 rings (SSSR count). The van der Waals surface area contributed by atoms with Gasteiger partial charge in [-0.2, -0.15) is 5.26 Å². The first kappa shape index (κ1) is 19.4. The molecular formula is C21H17Cl2N3S. The third-order valence-electron chi connectivity index (χ3n) is 4.10. The molecule has 136 valence electrons. The molecule has 0 aliphatic heterocycles. The number of aryl methyl sites for hydroxylation is 3. The summed E-state index contributed by atoms with van der Waals surface area (Å²) >= 11 is 13.6. The first-order valence-corrected chi connectivity index (χ1v) is 9.88. The Morgan fingerprint density at radius 1 is 1.15 bits per heavy atom. The number of hydrogen-bond donors (Lipinski definition) is 1. The number of hydrogen-bond acceptors (Lipinski definition) is 4. The van der Waals surface area contributed by atoms with E-state index in [1.807, 2.05) is 25.3 Å². The summed E-state index contributed by atoms with van der Waals surface area (Å²) in [5.41, 5.74) is 6.47. The van der Waals surface area contributed by atoms with Crippen molar-refractivity contribution in [1.82, 2.24) is 4.98 Å². The van der Waals surface area contributed by atoms with Crippen molar-refractivity contribution in [2.75, 3.05) is 5.32 Å². The molecule has 3 aromatic rings. The van der Waals surface area contributed by atoms with Gasteiger partial charge in [-0.05, 0) is 50.1 Å². The Kier molecular flexibility index (Phi) is 5.86. The predicted molar refractivity (Wildman–Crippen MR) is 115 cm³/mol. The zero-order valence-corrected chi connectivity index (χ0v) is 17.4. The highest BCUT2D eigenvalue weighted by Gasteiger charge is 2.12. The molecule has 27 heavy (non-hydrogen) atoms. The molecule has 6 heteroatoms. The van der Waals surface area contributed by atoms with E-state index in [0.29, 0.717) is 20.6 Å². The lowest BCUT2D eigenvalue weighted by molar-refractivity contribution is 1.31. The van der Waals surface area contributed by atoms with E-state index in [9.17, 15) is 5.26 Å². The highest BCUT2D eigenvalue weighted by Crippen LogP contribution is 2.32. The van der Waals surface area contributed by atoms with Crippen molar-refractivity contribution in [2.24, 2.45) is 0 Å². The second-order valence-electron chi connectivity index (χ2n) is 6.25. The van der Waals surface area contributed by atoms with Crippen LogP contribution < -0.4 is 5.32 Å². The Morgan fingerprint density at radius 2 is 1.85 bits per heavy atom. The Bertz CT molecular complexity index is 1050. The van der Waals surface area contributed by atoms with Crippen molar-refractivity contribution in [3.63, 3.8) is 0 Å². The van der Waals surface area contributed by atoms with Crippen LogP contribution in [-0.2, 0) is 0 Å². The fourth-order valence-corrected chi connectivity index (χ4v) is 4.20. The maximum atomic E-state index is 9.58. The quantitative estimate of drug-likeness (QED) is 0.467. The van der Waals surface area contributed by atoms with Gasteiger partial charge in [0.05, 0.1) is 10.7 Å². The van der Waals surface area contributed by atoms with E-state index in [4.69, 9.17) is 23.2 Å². The van der Waals surface area contributed by atoms with Crippen molar-refractivity contribution in [1.29, 1.82) is 5.26 Å². The third kappa shape index (κ3) is 4.33. The van der Waals surface area contributed by atoms with Gasteiger partial charge in [0.1, 0.15) is 16.6 Å². The second kappa shape index (κ2) is 8.14. The van der Waals surface area contributed by atoms with Crippen LogP contribution in [0.25, 0.3) is 16.8 Å². The molecular weight excluding hydrogens is 397 g/mol. The van der Waals surface area contributed by atoms with E-state index < -0.39 is 0 Å². The molecule has 0 aliphatic rings. The highest BCUT2D eigenvalue weighted by atomic mass is 35.5. The van der Waals surface area contributed by atoms with Gasteiger partial charge in [0.25, 0.3) is 0 Å². The van der Waals surface area contributed by atoms with Crippen LogP contribution >= 0.6 is 34.5 Å². The fourth-order valence-electron chi connectivity index (χ4n) is 2.91. The molecule has 2 aromatic carbocycles. The van der Waals surface area contributed by atoms with Gasteiger partial charge in [0, 0.05) is 27.9 Å². The summed E-state index contributed by atoms with van der Waals surface area (Å²) in [4.78, 5) is 4.57. The van der Waals surface area contributed by atoms with Crippen LogP contribution in [-0.4, -0.2) is 4.98 Å². The molecule has 0 fully saturated rings. The van der Waals surface area contributed by atoms with Gasteiger partial charge in [0.2, 0.25) is 0 Å². The molecule has 0 aliphatic carbocycles. The summed E-state index contributed by atoms with van der Waals surface area (Å²) in [7, 11) is 0. The lowest BCUT2D eigenvalue weighted by atomic mass is 10.1. The molecule has 1 aromatic heterocycles. The van der Waals surface area contributed by atoms with Crippen molar-refractivity contribution in [3.8, 4) is 17.3 Å². The number of nitrogens with zero attached hydrogens (tertiary/aromatic N) is 2. The van der Waals surface area contributed by atoms with Crippen LogP contribution in [0.15, 0.2) is 41.9 Å². The molecule has 1 N–H and O–H groups in total. The number of allylic oxidation sites excluding steroid dienone is 1. The van der Waals surface area contributed by atoms with Crippen LogP contribution in [0.2, 0.25) is 10.0 Å². The summed E-state index contributed by atoms with van der Waals surface area (Å²) < 4.78 is 0.